The Labute approximate surface area is 434 Å². The van der Waals surface area contributed by atoms with E-state index in [0.717, 1.165) is 99.8 Å². The number of nitrogens with one attached hydrogen (secondary N) is 3. The van der Waals surface area contributed by atoms with Gasteiger partial charge in [-0.2, -0.15) is 0 Å². The second-order valence-corrected chi connectivity index (χ2v) is 21.6. The number of allylic oxidation sites excluding steroid dienone is 1. The highest BCUT2D eigenvalue weighted by Gasteiger charge is 2.41. The van der Waals surface area contributed by atoms with Crippen molar-refractivity contribution < 1.29 is 28.3 Å². The van der Waals surface area contributed by atoms with Crippen LogP contribution in [0.4, 0.5) is 10.2 Å². The smallest absolute Gasteiger partial charge is 0.254 e. The highest BCUT2D eigenvalue weighted by Crippen LogP contribution is 2.34. The fourth-order valence-corrected chi connectivity index (χ4v) is 12.1. The monoisotopic (exact) mass is 1020 g/mol. The first-order valence-corrected chi connectivity index (χ1v) is 27.4. The molecule has 73 heavy (non-hydrogen) atoms. The quantitative estimate of drug-likeness (QED) is 0.0762. The van der Waals surface area contributed by atoms with E-state index in [9.17, 15) is 19.2 Å². The van der Waals surface area contributed by atoms with Gasteiger partial charge in [-0.3, -0.25) is 19.2 Å². The number of halogens is 2. The Morgan fingerprint density at radius 1 is 0.863 bits per heavy atom. The summed E-state index contributed by atoms with van der Waals surface area (Å²) in [6, 6.07) is 13.6. The van der Waals surface area contributed by atoms with Gasteiger partial charge in [-0.1, -0.05) is 61.2 Å². The summed E-state index contributed by atoms with van der Waals surface area (Å²) in [7, 11) is 0. The van der Waals surface area contributed by atoms with Crippen LogP contribution in [0.2, 0.25) is 5.02 Å². The number of carbonyl (C=O) groups is 4. The van der Waals surface area contributed by atoms with E-state index in [2.05, 4.69) is 42.0 Å². The number of hydrogen-bond donors (Lipinski definition) is 4. The number of piperidine rings is 4. The third-order valence-corrected chi connectivity index (χ3v) is 16.7. The van der Waals surface area contributed by atoms with Crippen molar-refractivity contribution in [2.75, 3.05) is 63.8 Å². The Kier molecular flexibility index (Phi) is 17.4. The number of H-pyrrole nitrogens is 1. The lowest BCUT2D eigenvalue weighted by Gasteiger charge is -2.40. The minimum Gasteiger partial charge on any atom is -0.375 e. The van der Waals surface area contributed by atoms with Crippen LogP contribution in [0.3, 0.4) is 0 Å². The van der Waals surface area contributed by atoms with Crippen molar-refractivity contribution in [3.05, 3.63) is 101 Å². The highest BCUT2D eigenvalue weighted by molar-refractivity contribution is 6.30. The number of fused-ring (bicyclic) bond motifs is 1. The van der Waals surface area contributed by atoms with E-state index in [0.29, 0.717) is 94.8 Å². The summed E-state index contributed by atoms with van der Waals surface area (Å²) in [4.78, 5) is 75.6. The van der Waals surface area contributed by atoms with Crippen LogP contribution < -0.4 is 21.3 Å². The standard InChI is InChI=1S/C56H74ClFN10O5/c1-2-3-14-48(69)68-28-8-11-40(36-68)44-12-7-13-45(49(44)58)53(70)64-50(39-9-5-4-6-10-39)54(71)67-32-22-43(23-33-67)73-42-20-29-65(30-21-42)31-24-47(38-15-17-41(57)18-16-38)63-55(72)56(59)25-34-66(35-26-56)52-46-19-27-60-51(46)61-37-62-52/h2,7,12-13,15-19,27,37,39-40,42-43,47,50H,1,3-6,8-11,14,20-26,28-36,59H2,(H,63,72)(H,64,70)(H,60,61,62). The third kappa shape index (κ3) is 12.7. The van der Waals surface area contributed by atoms with Crippen molar-refractivity contribution in [1.29, 1.82) is 0 Å². The largest absolute Gasteiger partial charge is 0.375 e. The maximum atomic E-state index is 16.4. The van der Waals surface area contributed by atoms with Crippen LogP contribution in [0.15, 0.2) is 73.7 Å². The number of carbonyl (C=O) groups excluding carboxylic acids is 4. The van der Waals surface area contributed by atoms with Gasteiger partial charge in [0.25, 0.3) is 5.91 Å². The summed E-state index contributed by atoms with van der Waals surface area (Å²) < 4.78 is 23.1. The Balaban J connectivity index is 0.745. The number of amides is 4. The number of anilines is 1. The molecule has 9 rings (SSSR count). The molecule has 4 saturated heterocycles. The van der Waals surface area contributed by atoms with Crippen LogP contribution in [0, 0.1) is 11.7 Å². The molecule has 0 radical (unpaired) electrons. The molecule has 4 aromatic rings. The molecule has 0 spiro atoms. The third-order valence-electron chi connectivity index (χ3n) is 16.4. The summed E-state index contributed by atoms with van der Waals surface area (Å²) in [6.45, 7) is 9.60. The van der Waals surface area contributed by atoms with Gasteiger partial charge in [-0.15, -0.1) is 6.58 Å². The van der Waals surface area contributed by atoms with Gasteiger partial charge in [0.05, 0.1) is 34.7 Å². The number of aromatic nitrogens is 3. The van der Waals surface area contributed by atoms with Crippen LogP contribution in [0.5, 0.6) is 0 Å². The molecule has 1 saturated carbocycles. The van der Waals surface area contributed by atoms with E-state index in [4.69, 9.17) is 22.1 Å². The summed E-state index contributed by atoms with van der Waals surface area (Å²) in [5.41, 5.74) is 8.03. The minimum absolute atomic E-state index is 0.0178. The highest BCUT2D eigenvalue weighted by atomic mass is 35.5. The van der Waals surface area contributed by atoms with Crippen LogP contribution in [-0.4, -0.2) is 136 Å². The Bertz CT molecular complexity index is 2530. The first-order valence-electron chi connectivity index (χ1n) is 27.0. The second kappa shape index (κ2) is 24.3. The zero-order valence-corrected chi connectivity index (χ0v) is 43.0. The Morgan fingerprint density at radius 2 is 1.59 bits per heavy atom. The van der Waals surface area contributed by atoms with Crippen LogP contribution in [-0.2, 0) is 19.1 Å². The zero-order chi connectivity index (χ0) is 50.9. The van der Waals surface area contributed by atoms with Gasteiger partial charge in [0.1, 0.15) is 29.7 Å². The summed E-state index contributed by atoms with van der Waals surface area (Å²) in [6.07, 6.45) is 17.4. The predicted octanol–water partition coefficient (Wildman–Crippen LogP) is 7.82. The van der Waals surface area contributed by atoms with E-state index in [1.165, 1.54) is 6.07 Å². The number of nitrogens with two attached hydrogens (primary N) is 1. The molecule has 6 heterocycles. The maximum Gasteiger partial charge on any atom is 0.254 e. The van der Waals surface area contributed by atoms with Crippen molar-refractivity contribution in [3.8, 4) is 0 Å². The molecule has 1 aliphatic carbocycles. The molecule has 17 heteroatoms. The lowest BCUT2D eigenvalue weighted by molar-refractivity contribution is -0.139. The number of ether oxygens (including phenoxy) is 1. The summed E-state index contributed by atoms with van der Waals surface area (Å²) in [5.74, 6) is -0.725. The number of aromatic amines is 1. The molecule has 392 valence electrons. The molecule has 3 atom stereocenters. The van der Waals surface area contributed by atoms with E-state index in [1.807, 2.05) is 41.4 Å². The predicted molar refractivity (Wildman–Crippen MR) is 282 cm³/mol. The number of rotatable bonds is 17. The first kappa shape index (κ1) is 52.4. The normalized spacial score (nSPS) is 21.4. The number of nitrogens with zero attached hydrogens (tertiary/aromatic N) is 6. The van der Waals surface area contributed by atoms with Gasteiger partial charge in [-0.05, 0) is 118 Å². The van der Waals surface area contributed by atoms with Crippen LogP contribution >= 0.6 is 11.6 Å². The molecule has 5 N–H and O–H groups in total. The molecule has 3 unspecified atom stereocenters. The molecule has 4 amide bonds. The van der Waals surface area contributed by atoms with Crippen molar-refractivity contribution in [3.63, 3.8) is 0 Å². The number of benzene rings is 2. The van der Waals surface area contributed by atoms with Gasteiger partial charge < -0.3 is 45.7 Å². The molecule has 5 aliphatic rings. The van der Waals surface area contributed by atoms with Crippen molar-refractivity contribution in [2.24, 2.45) is 11.7 Å². The van der Waals surface area contributed by atoms with E-state index < -0.39 is 23.3 Å². The van der Waals surface area contributed by atoms with Crippen LogP contribution in [0.1, 0.15) is 136 Å². The SMILES string of the molecule is C=CCCC(=O)N1CCCC(c2cccc(C(=O)NC(C(=O)N3CCC(OC4CCN(CCC(NC(=O)C5(N)CCN(c6ncnc7[nH]ccc67)CC5)c5ccc(Cl)cc5)CC4)CC3)C3CCCCC3)c2F)C1. The van der Waals surface area contributed by atoms with Gasteiger partial charge in [-0.25, -0.2) is 14.4 Å². The maximum absolute atomic E-state index is 16.4. The molecule has 15 nitrogen and oxygen atoms in total. The molecule has 5 fully saturated rings. The van der Waals surface area contributed by atoms with E-state index in [1.54, 1.807) is 29.4 Å². The summed E-state index contributed by atoms with van der Waals surface area (Å²) >= 11 is 6.29. The molecule has 2 aromatic carbocycles. The van der Waals surface area contributed by atoms with E-state index >= 15 is 4.39 Å². The number of likely N-dealkylation sites (tertiary alicyclic amines) is 3. The minimum atomic E-state index is -1.01. The van der Waals surface area contributed by atoms with Crippen molar-refractivity contribution >= 4 is 52.1 Å². The Hall–Kier alpha value is -5.42. The zero-order valence-electron chi connectivity index (χ0n) is 42.3. The molecular formula is C56H74ClFN10O5. The summed E-state index contributed by atoms with van der Waals surface area (Å²) in [5, 5.41) is 7.98. The van der Waals surface area contributed by atoms with Gasteiger partial charge in [0, 0.05) is 82.5 Å². The van der Waals surface area contributed by atoms with Gasteiger partial charge in [0.15, 0.2) is 0 Å². The van der Waals surface area contributed by atoms with E-state index in [-0.39, 0.29) is 53.4 Å². The molecule has 0 bridgehead atoms. The average Bonchev–Trinajstić information content (AvgIpc) is 3.92. The van der Waals surface area contributed by atoms with Crippen molar-refractivity contribution in [1.82, 2.24) is 40.3 Å². The fourth-order valence-electron chi connectivity index (χ4n) is 12.0. The van der Waals surface area contributed by atoms with Crippen LogP contribution in [0.25, 0.3) is 11.0 Å². The molecular weight excluding hydrogens is 947 g/mol. The molecule has 4 aliphatic heterocycles. The van der Waals surface area contributed by atoms with Gasteiger partial charge >= 0.3 is 0 Å². The number of hydrogen-bond acceptors (Lipinski definition) is 10. The van der Waals surface area contributed by atoms with Crippen molar-refractivity contribution in [2.45, 2.75) is 138 Å². The molecule has 2 aromatic heterocycles. The topological polar surface area (TPSA) is 182 Å². The Morgan fingerprint density at radius 3 is 2.32 bits per heavy atom. The average molecular weight is 1020 g/mol. The second-order valence-electron chi connectivity index (χ2n) is 21.2. The fraction of sp³-hybridized carbons (Fsp3) is 0.571. The lowest BCUT2D eigenvalue weighted by atomic mass is 9.83. The lowest BCUT2D eigenvalue weighted by Crippen LogP contribution is -2.60. The first-order chi connectivity index (χ1) is 35.5. The van der Waals surface area contributed by atoms with Gasteiger partial charge in [0.2, 0.25) is 17.7 Å².